The first-order valence-electron chi connectivity index (χ1n) is 9.08. The maximum atomic E-state index is 12.5. The van der Waals surface area contributed by atoms with Crippen LogP contribution in [-0.4, -0.2) is 54.1 Å². The molecule has 0 radical (unpaired) electrons. The molecule has 27 heavy (non-hydrogen) atoms. The normalized spacial score (nSPS) is 23.9. The number of hydrogen-bond donors (Lipinski definition) is 2. The van der Waals surface area contributed by atoms with Crippen LogP contribution in [0.15, 0.2) is 18.2 Å². The Morgan fingerprint density at radius 1 is 1.22 bits per heavy atom. The number of anilines is 1. The van der Waals surface area contributed by atoms with Crippen molar-refractivity contribution >= 4 is 17.7 Å². The van der Waals surface area contributed by atoms with Crippen molar-refractivity contribution in [3.63, 3.8) is 0 Å². The first-order valence-corrected chi connectivity index (χ1v) is 9.08. The van der Waals surface area contributed by atoms with Crippen LogP contribution in [0.5, 0.6) is 11.5 Å². The summed E-state index contributed by atoms with van der Waals surface area (Å²) in [7, 11) is 3.03. The molecule has 1 aliphatic heterocycles. The van der Waals surface area contributed by atoms with Gasteiger partial charge < -0.3 is 24.6 Å². The van der Waals surface area contributed by atoms with Crippen molar-refractivity contribution < 1.29 is 28.9 Å². The fourth-order valence-corrected chi connectivity index (χ4v) is 3.92. The first kappa shape index (κ1) is 19.3. The Kier molecular flexibility index (Phi) is 5.19. The highest BCUT2D eigenvalue weighted by Gasteiger charge is 2.62. The van der Waals surface area contributed by atoms with E-state index in [9.17, 15) is 14.7 Å². The van der Waals surface area contributed by atoms with Gasteiger partial charge >= 0.3 is 6.09 Å². The largest absolute Gasteiger partial charge is 0.493 e. The molecule has 0 bridgehead atoms. The predicted molar refractivity (Wildman–Crippen MR) is 97.8 cm³/mol. The zero-order valence-corrected chi connectivity index (χ0v) is 15.9. The smallest absolute Gasteiger partial charge is 0.413 e. The second kappa shape index (κ2) is 7.26. The van der Waals surface area contributed by atoms with E-state index >= 15 is 0 Å². The summed E-state index contributed by atoms with van der Waals surface area (Å²) in [6, 6.07) is 4.97. The summed E-state index contributed by atoms with van der Waals surface area (Å²) in [6.07, 6.45) is 3.35. The number of nitrogens with one attached hydrogen (secondary N) is 1. The van der Waals surface area contributed by atoms with E-state index in [1.807, 2.05) is 0 Å². The average molecular weight is 378 g/mol. The minimum Gasteiger partial charge on any atom is -0.493 e. The van der Waals surface area contributed by atoms with E-state index in [0.717, 1.165) is 24.2 Å². The molecule has 148 valence electrons. The van der Waals surface area contributed by atoms with Crippen LogP contribution in [0.25, 0.3) is 0 Å². The third-order valence-corrected chi connectivity index (χ3v) is 5.52. The molecule has 2 amide bonds. The highest BCUT2D eigenvalue weighted by molar-refractivity contribution is 5.94. The van der Waals surface area contributed by atoms with E-state index in [1.54, 1.807) is 25.1 Å². The van der Waals surface area contributed by atoms with Gasteiger partial charge in [-0.15, -0.1) is 0 Å². The van der Waals surface area contributed by atoms with Crippen LogP contribution in [-0.2, 0) is 9.53 Å². The first-order chi connectivity index (χ1) is 12.8. The predicted octanol–water partition coefficient (Wildman–Crippen LogP) is 2.51. The summed E-state index contributed by atoms with van der Waals surface area (Å²) in [5.41, 5.74) is -1.97. The summed E-state index contributed by atoms with van der Waals surface area (Å²) in [5, 5.41) is 13.7. The van der Waals surface area contributed by atoms with Crippen molar-refractivity contribution in [1.29, 1.82) is 0 Å². The molecule has 1 heterocycles. The molecule has 1 spiro atoms. The van der Waals surface area contributed by atoms with Gasteiger partial charge in [0.05, 0.1) is 14.2 Å². The van der Waals surface area contributed by atoms with Crippen LogP contribution in [0.2, 0.25) is 0 Å². The molecule has 8 nitrogen and oxygen atoms in total. The zero-order chi connectivity index (χ0) is 19.7. The number of ether oxygens (including phenoxy) is 3. The highest BCUT2D eigenvalue weighted by atomic mass is 16.6. The number of aliphatic hydroxyl groups is 1. The molecule has 1 aromatic rings. The molecule has 1 saturated carbocycles. The van der Waals surface area contributed by atoms with E-state index in [2.05, 4.69) is 5.32 Å². The lowest BCUT2D eigenvalue weighted by Crippen LogP contribution is -2.58. The molecule has 1 aliphatic carbocycles. The van der Waals surface area contributed by atoms with Gasteiger partial charge in [-0.1, -0.05) is 6.42 Å². The van der Waals surface area contributed by atoms with Crippen LogP contribution in [0.1, 0.15) is 39.0 Å². The molecule has 2 fully saturated rings. The molecule has 3 rings (SSSR count). The highest BCUT2D eigenvalue weighted by Crippen LogP contribution is 2.46. The number of amides is 2. The van der Waals surface area contributed by atoms with Gasteiger partial charge in [-0.25, -0.2) is 4.79 Å². The van der Waals surface area contributed by atoms with Crippen LogP contribution in [0.4, 0.5) is 10.5 Å². The number of rotatable bonds is 5. The lowest BCUT2D eigenvalue weighted by molar-refractivity contribution is -0.160. The van der Waals surface area contributed by atoms with Gasteiger partial charge in [0.25, 0.3) is 0 Å². The second-order valence-electron chi connectivity index (χ2n) is 7.15. The van der Waals surface area contributed by atoms with Gasteiger partial charge in [-0.05, 0) is 44.7 Å². The Labute approximate surface area is 158 Å². The van der Waals surface area contributed by atoms with E-state index in [-0.39, 0.29) is 6.54 Å². The summed E-state index contributed by atoms with van der Waals surface area (Å²) in [6.45, 7) is 1.24. The number of benzene rings is 1. The van der Waals surface area contributed by atoms with E-state index in [0.29, 0.717) is 30.0 Å². The van der Waals surface area contributed by atoms with Crippen LogP contribution >= 0.6 is 0 Å². The van der Waals surface area contributed by atoms with Gasteiger partial charge in [-0.2, -0.15) is 0 Å². The van der Waals surface area contributed by atoms with Crippen molar-refractivity contribution in [3.8, 4) is 11.5 Å². The van der Waals surface area contributed by atoms with E-state index < -0.39 is 23.3 Å². The Balaban J connectivity index is 1.71. The number of hydrogen-bond acceptors (Lipinski definition) is 6. The maximum Gasteiger partial charge on any atom is 0.413 e. The van der Waals surface area contributed by atoms with Crippen LogP contribution in [0.3, 0.4) is 0 Å². The standard InChI is InChI=1S/C19H26N2O6/c1-18(24)19(9-5-4-6-10-19)27-17(23)21(18)12-16(22)20-13-7-8-14(25-2)15(11-13)26-3/h7-8,11,24H,4-6,9-10,12H2,1-3H3,(H,20,22)/t18-/m1/s1. The molecular weight excluding hydrogens is 352 g/mol. The molecule has 2 N–H and O–H groups in total. The number of carbonyl (C=O) groups is 2. The topological polar surface area (TPSA) is 97.3 Å². The van der Waals surface area contributed by atoms with E-state index in [1.165, 1.54) is 14.2 Å². The molecule has 1 aromatic carbocycles. The van der Waals surface area contributed by atoms with Crippen molar-refractivity contribution in [2.24, 2.45) is 0 Å². The van der Waals surface area contributed by atoms with Gasteiger partial charge in [0.15, 0.2) is 22.8 Å². The zero-order valence-electron chi connectivity index (χ0n) is 15.9. The van der Waals surface area contributed by atoms with Gasteiger partial charge in [0.2, 0.25) is 5.91 Å². The molecule has 1 saturated heterocycles. The fraction of sp³-hybridized carbons (Fsp3) is 0.579. The third-order valence-electron chi connectivity index (χ3n) is 5.52. The summed E-state index contributed by atoms with van der Waals surface area (Å²) < 4.78 is 15.9. The SMILES string of the molecule is COc1ccc(NC(=O)CN2C(=O)OC3(CCCCC3)[C@@]2(C)O)cc1OC. The summed E-state index contributed by atoms with van der Waals surface area (Å²) >= 11 is 0. The quantitative estimate of drug-likeness (QED) is 0.817. The second-order valence-corrected chi connectivity index (χ2v) is 7.15. The molecule has 0 unspecified atom stereocenters. The van der Waals surface area contributed by atoms with Crippen LogP contribution < -0.4 is 14.8 Å². The van der Waals surface area contributed by atoms with Crippen molar-refractivity contribution in [2.45, 2.75) is 50.4 Å². The van der Waals surface area contributed by atoms with Crippen molar-refractivity contribution in [1.82, 2.24) is 4.90 Å². The fourth-order valence-electron chi connectivity index (χ4n) is 3.92. The molecule has 1 atom stereocenters. The minimum absolute atomic E-state index is 0.304. The van der Waals surface area contributed by atoms with Gasteiger partial charge in [0, 0.05) is 11.8 Å². The van der Waals surface area contributed by atoms with Crippen molar-refractivity contribution in [2.75, 3.05) is 26.1 Å². The Bertz CT molecular complexity index is 727. The minimum atomic E-state index is -1.53. The lowest BCUT2D eigenvalue weighted by atomic mass is 9.77. The van der Waals surface area contributed by atoms with Gasteiger partial charge in [-0.3, -0.25) is 9.69 Å². The average Bonchev–Trinajstić information content (AvgIpc) is 2.82. The third kappa shape index (κ3) is 3.41. The Morgan fingerprint density at radius 3 is 2.52 bits per heavy atom. The van der Waals surface area contributed by atoms with Crippen molar-refractivity contribution in [3.05, 3.63) is 18.2 Å². The van der Waals surface area contributed by atoms with E-state index in [4.69, 9.17) is 14.2 Å². The van der Waals surface area contributed by atoms with Crippen LogP contribution in [0, 0.1) is 0 Å². The molecule has 0 aromatic heterocycles. The number of methoxy groups -OCH3 is 2. The Hall–Kier alpha value is -2.48. The molecule has 2 aliphatic rings. The molecule has 8 heteroatoms. The molecular formula is C19H26N2O6. The number of carbonyl (C=O) groups excluding carboxylic acids is 2. The number of nitrogens with zero attached hydrogens (tertiary/aromatic N) is 1. The lowest BCUT2D eigenvalue weighted by Gasteiger charge is -2.41. The Morgan fingerprint density at radius 2 is 1.89 bits per heavy atom. The summed E-state index contributed by atoms with van der Waals surface area (Å²) in [5.74, 6) is 0.581. The summed E-state index contributed by atoms with van der Waals surface area (Å²) in [4.78, 5) is 26.0. The van der Waals surface area contributed by atoms with Gasteiger partial charge in [0.1, 0.15) is 6.54 Å². The monoisotopic (exact) mass is 378 g/mol. The maximum absolute atomic E-state index is 12.5.